The first-order chi connectivity index (χ1) is 5.68. The molecule has 0 aliphatic heterocycles. The summed E-state index contributed by atoms with van der Waals surface area (Å²) in [6.07, 6.45) is 0. The van der Waals surface area contributed by atoms with Gasteiger partial charge in [-0.3, -0.25) is 0 Å². The first kappa shape index (κ1) is 10.5. The molecule has 1 nitrogen and oxygen atoms in total. The Morgan fingerprint density at radius 1 is 1.75 bits per heavy atom. The Bertz CT molecular complexity index is 237. The topological polar surface area (TPSA) is 12.0 Å². The molecule has 1 N–H and O–H groups in total. The van der Waals surface area contributed by atoms with Gasteiger partial charge < -0.3 is 5.32 Å². The zero-order chi connectivity index (χ0) is 8.97. The highest BCUT2D eigenvalue weighted by atomic mass is 79.9. The summed E-state index contributed by atoms with van der Waals surface area (Å²) in [6, 6.07) is 2.12. The molecule has 0 saturated carbocycles. The molecule has 0 spiro atoms. The summed E-state index contributed by atoms with van der Waals surface area (Å²) in [5.41, 5.74) is 0. The van der Waals surface area contributed by atoms with Crippen LogP contribution in [0.15, 0.2) is 15.9 Å². The molecule has 4 heteroatoms. The number of nitrogens with one attached hydrogen (secondary N) is 1. The van der Waals surface area contributed by atoms with Crippen LogP contribution < -0.4 is 5.32 Å². The molecular formula is C8H11BrClNS. The van der Waals surface area contributed by atoms with E-state index in [0.717, 1.165) is 17.6 Å². The van der Waals surface area contributed by atoms with Crippen LogP contribution in [0.1, 0.15) is 11.8 Å². The minimum absolute atomic E-state index is 0.202. The van der Waals surface area contributed by atoms with Gasteiger partial charge in [-0.15, -0.1) is 22.9 Å². The molecule has 68 valence electrons. The highest BCUT2D eigenvalue weighted by molar-refractivity contribution is 9.10. The van der Waals surface area contributed by atoms with Crippen LogP contribution in [0.25, 0.3) is 0 Å². The maximum absolute atomic E-state index is 5.78. The lowest BCUT2D eigenvalue weighted by atomic mass is 10.4. The Kier molecular flexibility index (Phi) is 4.57. The molecule has 0 aliphatic rings. The zero-order valence-corrected chi connectivity index (χ0v) is 9.97. The van der Waals surface area contributed by atoms with Crippen molar-refractivity contribution in [1.82, 2.24) is 5.32 Å². The van der Waals surface area contributed by atoms with Gasteiger partial charge in [0.25, 0.3) is 0 Å². The fraction of sp³-hybridized carbons (Fsp3) is 0.500. The maximum atomic E-state index is 5.78. The monoisotopic (exact) mass is 267 g/mol. The van der Waals surface area contributed by atoms with Crippen molar-refractivity contribution in [2.75, 3.05) is 6.54 Å². The fourth-order valence-electron chi connectivity index (χ4n) is 0.841. The zero-order valence-electron chi connectivity index (χ0n) is 6.81. The van der Waals surface area contributed by atoms with Gasteiger partial charge in [0.15, 0.2) is 0 Å². The fourth-order valence-corrected chi connectivity index (χ4v) is 2.37. The SMILES string of the molecule is CC(Cl)CNCc1cc(Br)cs1. The van der Waals surface area contributed by atoms with Gasteiger partial charge in [-0.05, 0) is 28.9 Å². The average Bonchev–Trinajstić information content (AvgIpc) is 2.35. The first-order valence-corrected chi connectivity index (χ1v) is 5.87. The van der Waals surface area contributed by atoms with E-state index in [1.807, 2.05) is 6.92 Å². The third kappa shape index (κ3) is 3.90. The predicted molar refractivity (Wildman–Crippen MR) is 59.0 cm³/mol. The summed E-state index contributed by atoms with van der Waals surface area (Å²) in [7, 11) is 0. The molecule has 0 radical (unpaired) electrons. The summed E-state index contributed by atoms with van der Waals surface area (Å²) < 4.78 is 1.16. The summed E-state index contributed by atoms with van der Waals surface area (Å²) in [5, 5.41) is 5.56. The van der Waals surface area contributed by atoms with E-state index >= 15 is 0 Å². The van der Waals surface area contributed by atoms with E-state index in [9.17, 15) is 0 Å². The summed E-state index contributed by atoms with van der Waals surface area (Å²) in [4.78, 5) is 1.33. The number of rotatable bonds is 4. The van der Waals surface area contributed by atoms with E-state index in [1.165, 1.54) is 4.88 Å². The summed E-state index contributed by atoms with van der Waals surface area (Å²) in [5.74, 6) is 0. The molecule has 0 saturated heterocycles. The molecular weight excluding hydrogens is 258 g/mol. The van der Waals surface area contributed by atoms with Crippen molar-refractivity contribution >= 4 is 38.9 Å². The highest BCUT2D eigenvalue weighted by Crippen LogP contribution is 2.19. The number of alkyl halides is 1. The van der Waals surface area contributed by atoms with Crippen molar-refractivity contribution in [2.24, 2.45) is 0 Å². The van der Waals surface area contributed by atoms with Crippen LogP contribution in [-0.2, 0) is 6.54 Å². The van der Waals surface area contributed by atoms with E-state index in [0.29, 0.717) is 0 Å². The van der Waals surface area contributed by atoms with Crippen LogP contribution in [0.5, 0.6) is 0 Å². The molecule has 1 heterocycles. The third-order valence-electron chi connectivity index (χ3n) is 1.35. The van der Waals surface area contributed by atoms with Crippen molar-refractivity contribution in [3.63, 3.8) is 0 Å². The number of thiophene rings is 1. The standard InChI is InChI=1S/C8H11BrClNS/c1-6(10)3-11-4-8-2-7(9)5-12-8/h2,5-6,11H,3-4H2,1H3. The van der Waals surface area contributed by atoms with Crippen LogP contribution in [0.4, 0.5) is 0 Å². The molecule has 1 aromatic heterocycles. The lowest BCUT2D eigenvalue weighted by Gasteiger charge is -2.03. The summed E-state index contributed by atoms with van der Waals surface area (Å²) >= 11 is 10.9. The molecule has 0 fully saturated rings. The van der Waals surface area contributed by atoms with Crippen LogP contribution >= 0.6 is 38.9 Å². The summed E-state index contributed by atoms with van der Waals surface area (Å²) in [6.45, 7) is 3.75. The quantitative estimate of drug-likeness (QED) is 0.827. The van der Waals surface area contributed by atoms with Gasteiger partial charge >= 0.3 is 0 Å². The van der Waals surface area contributed by atoms with Gasteiger partial charge in [0.1, 0.15) is 0 Å². The van der Waals surface area contributed by atoms with E-state index < -0.39 is 0 Å². The molecule has 1 rings (SSSR count). The second-order valence-electron chi connectivity index (χ2n) is 2.64. The Hall–Kier alpha value is 0.430. The average molecular weight is 269 g/mol. The molecule has 0 bridgehead atoms. The van der Waals surface area contributed by atoms with Crippen LogP contribution in [-0.4, -0.2) is 11.9 Å². The van der Waals surface area contributed by atoms with E-state index in [1.54, 1.807) is 11.3 Å². The normalized spacial score (nSPS) is 13.2. The van der Waals surface area contributed by atoms with E-state index in [4.69, 9.17) is 11.6 Å². The van der Waals surface area contributed by atoms with E-state index in [-0.39, 0.29) is 5.38 Å². The van der Waals surface area contributed by atoms with Crippen molar-refractivity contribution in [2.45, 2.75) is 18.8 Å². The number of hydrogen-bond acceptors (Lipinski definition) is 2. The Morgan fingerprint density at radius 2 is 2.50 bits per heavy atom. The number of hydrogen-bond donors (Lipinski definition) is 1. The molecule has 1 aromatic rings. The van der Waals surface area contributed by atoms with Gasteiger partial charge in [0.05, 0.1) is 0 Å². The van der Waals surface area contributed by atoms with E-state index in [2.05, 4.69) is 32.7 Å². The van der Waals surface area contributed by atoms with Gasteiger partial charge in [0.2, 0.25) is 0 Å². The van der Waals surface area contributed by atoms with Crippen LogP contribution in [0.3, 0.4) is 0 Å². The molecule has 0 aliphatic carbocycles. The van der Waals surface area contributed by atoms with Gasteiger partial charge in [-0.25, -0.2) is 0 Å². The van der Waals surface area contributed by atoms with Crippen LogP contribution in [0.2, 0.25) is 0 Å². The molecule has 1 atom stereocenters. The number of halogens is 2. The molecule has 0 amide bonds. The lowest BCUT2D eigenvalue weighted by molar-refractivity contribution is 0.686. The van der Waals surface area contributed by atoms with Crippen molar-refractivity contribution in [1.29, 1.82) is 0 Å². The predicted octanol–water partition coefficient (Wildman–Crippen LogP) is 3.23. The smallest absolute Gasteiger partial charge is 0.0432 e. The molecule has 1 unspecified atom stereocenters. The minimum atomic E-state index is 0.202. The lowest BCUT2D eigenvalue weighted by Crippen LogP contribution is -2.20. The minimum Gasteiger partial charge on any atom is -0.310 e. The molecule has 12 heavy (non-hydrogen) atoms. The van der Waals surface area contributed by atoms with Gasteiger partial charge in [-0.2, -0.15) is 0 Å². The Balaban J connectivity index is 2.24. The highest BCUT2D eigenvalue weighted by Gasteiger charge is 1.98. The van der Waals surface area contributed by atoms with Crippen molar-refractivity contribution in [3.8, 4) is 0 Å². The molecule has 0 aromatic carbocycles. The maximum Gasteiger partial charge on any atom is 0.0432 e. The third-order valence-corrected chi connectivity index (χ3v) is 3.20. The largest absolute Gasteiger partial charge is 0.310 e. The Morgan fingerprint density at radius 3 is 3.00 bits per heavy atom. The Labute approximate surface area is 90.3 Å². The van der Waals surface area contributed by atoms with Gasteiger partial charge in [-0.1, -0.05) is 0 Å². The van der Waals surface area contributed by atoms with Crippen molar-refractivity contribution < 1.29 is 0 Å². The second kappa shape index (κ2) is 5.22. The van der Waals surface area contributed by atoms with Crippen molar-refractivity contribution in [3.05, 3.63) is 20.8 Å². The van der Waals surface area contributed by atoms with Crippen LogP contribution in [0, 0.1) is 0 Å². The van der Waals surface area contributed by atoms with Gasteiger partial charge in [0, 0.05) is 33.2 Å². The second-order valence-corrected chi connectivity index (χ2v) is 5.30. The first-order valence-electron chi connectivity index (χ1n) is 3.76.